The van der Waals surface area contributed by atoms with Crippen LogP contribution in [-0.4, -0.2) is 4.98 Å². The van der Waals surface area contributed by atoms with Gasteiger partial charge in [0.25, 0.3) is 0 Å². The molecule has 0 fully saturated rings. The summed E-state index contributed by atoms with van der Waals surface area (Å²) >= 11 is 1.76. The second kappa shape index (κ2) is 3.41. The summed E-state index contributed by atoms with van der Waals surface area (Å²) in [5.41, 5.74) is 0.585. The summed E-state index contributed by atoms with van der Waals surface area (Å²) in [4.78, 5) is 4.39. The van der Waals surface area contributed by atoms with E-state index in [-0.39, 0.29) is 5.41 Å². The molecule has 0 atom stereocenters. The fraction of sp³-hybridized carbons (Fsp3) is 0.727. The summed E-state index contributed by atoms with van der Waals surface area (Å²) in [7, 11) is 0. The van der Waals surface area contributed by atoms with Crippen LogP contribution < -0.4 is 0 Å². The molecule has 1 heterocycles. The van der Waals surface area contributed by atoms with Gasteiger partial charge in [0.05, 0.1) is 5.01 Å². The standard InChI is InChI=1S/C11H19NS/c1-10(2,3)8-11(4,5)9-12-6-7-13-9/h6-7H,8H2,1-5H3. The lowest BCUT2D eigenvalue weighted by Gasteiger charge is -2.30. The Morgan fingerprint density at radius 2 is 1.85 bits per heavy atom. The summed E-state index contributed by atoms with van der Waals surface area (Å²) < 4.78 is 0. The number of rotatable bonds is 2. The first-order chi connectivity index (χ1) is 5.81. The van der Waals surface area contributed by atoms with Crippen molar-refractivity contribution in [2.45, 2.75) is 46.5 Å². The van der Waals surface area contributed by atoms with E-state index in [0.717, 1.165) is 0 Å². The van der Waals surface area contributed by atoms with Crippen molar-refractivity contribution in [3.63, 3.8) is 0 Å². The van der Waals surface area contributed by atoms with Crippen LogP contribution in [0.5, 0.6) is 0 Å². The average molecular weight is 197 g/mol. The van der Waals surface area contributed by atoms with Crippen molar-refractivity contribution in [1.82, 2.24) is 4.98 Å². The minimum absolute atomic E-state index is 0.215. The van der Waals surface area contributed by atoms with Crippen LogP contribution >= 0.6 is 11.3 Å². The zero-order valence-corrected chi connectivity index (χ0v) is 10.0. The van der Waals surface area contributed by atoms with Gasteiger partial charge in [-0.3, -0.25) is 0 Å². The molecular weight excluding hydrogens is 178 g/mol. The Kier molecular flexibility index (Phi) is 2.81. The van der Waals surface area contributed by atoms with Crippen LogP contribution in [0.1, 0.15) is 46.0 Å². The third-order valence-corrected chi connectivity index (χ3v) is 3.12. The van der Waals surface area contributed by atoms with E-state index in [1.165, 1.54) is 11.4 Å². The summed E-state index contributed by atoms with van der Waals surface area (Å²) in [6.45, 7) is 11.4. The number of hydrogen-bond donors (Lipinski definition) is 0. The first-order valence-electron chi connectivity index (χ1n) is 4.71. The van der Waals surface area contributed by atoms with Gasteiger partial charge >= 0.3 is 0 Å². The van der Waals surface area contributed by atoms with Crippen molar-refractivity contribution in [3.8, 4) is 0 Å². The van der Waals surface area contributed by atoms with Crippen LogP contribution in [0.4, 0.5) is 0 Å². The minimum Gasteiger partial charge on any atom is -0.249 e. The molecule has 1 aromatic heterocycles. The van der Waals surface area contributed by atoms with Gasteiger partial charge in [0, 0.05) is 17.0 Å². The largest absolute Gasteiger partial charge is 0.249 e. The van der Waals surface area contributed by atoms with E-state index >= 15 is 0 Å². The highest BCUT2D eigenvalue weighted by atomic mass is 32.1. The Morgan fingerprint density at radius 3 is 2.23 bits per heavy atom. The fourth-order valence-corrected chi connectivity index (χ4v) is 2.72. The van der Waals surface area contributed by atoms with Gasteiger partial charge in [0.15, 0.2) is 0 Å². The number of hydrogen-bond acceptors (Lipinski definition) is 2. The van der Waals surface area contributed by atoms with Crippen LogP contribution in [0.3, 0.4) is 0 Å². The zero-order valence-electron chi connectivity index (χ0n) is 9.22. The summed E-state index contributed by atoms with van der Waals surface area (Å²) in [5, 5.41) is 3.31. The van der Waals surface area contributed by atoms with E-state index in [4.69, 9.17) is 0 Å². The second-order valence-electron chi connectivity index (χ2n) is 5.46. The first kappa shape index (κ1) is 10.7. The quantitative estimate of drug-likeness (QED) is 0.701. The lowest BCUT2D eigenvalue weighted by molar-refractivity contribution is 0.283. The molecular formula is C11H19NS. The SMILES string of the molecule is CC(C)(C)CC(C)(C)c1nccs1. The molecule has 0 unspecified atom stereocenters. The third-order valence-electron chi connectivity index (χ3n) is 1.98. The van der Waals surface area contributed by atoms with Crippen LogP contribution in [-0.2, 0) is 5.41 Å². The van der Waals surface area contributed by atoms with Crippen molar-refractivity contribution in [2.75, 3.05) is 0 Å². The molecule has 0 aliphatic carbocycles. The molecule has 0 saturated carbocycles. The normalized spacial score (nSPS) is 13.3. The fourth-order valence-electron chi connectivity index (χ4n) is 1.96. The van der Waals surface area contributed by atoms with Crippen molar-refractivity contribution < 1.29 is 0 Å². The topological polar surface area (TPSA) is 12.9 Å². The Bertz CT molecular complexity index is 254. The van der Waals surface area contributed by atoms with Gasteiger partial charge in [-0.15, -0.1) is 11.3 Å². The van der Waals surface area contributed by atoms with Crippen LogP contribution in [0.15, 0.2) is 11.6 Å². The van der Waals surface area contributed by atoms with E-state index in [1.54, 1.807) is 11.3 Å². The van der Waals surface area contributed by atoms with Crippen LogP contribution in [0.2, 0.25) is 0 Å². The Hall–Kier alpha value is -0.370. The van der Waals surface area contributed by atoms with Crippen LogP contribution in [0, 0.1) is 5.41 Å². The summed E-state index contributed by atoms with van der Waals surface area (Å²) in [6.07, 6.45) is 3.07. The third kappa shape index (κ3) is 3.11. The number of nitrogens with zero attached hydrogens (tertiary/aromatic N) is 1. The van der Waals surface area contributed by atoms with Crippen molar-refractivity contribution in [3.05, 3.63) is 16.6 Å². The molecule has 13 heavy (non-hydrogen) atoms. The maximum Gasteiger partial charge on any atom is 0.0981 e. The summed E-state index contributed by atoms with van der Waals surface area (Å²) in [6, 6.07) is 0. The molecule has 0 radical (unpaired) electrons. The van der Waals surface area contributed by atoms with Gasteiger partial charge in [-0.05, 0) is 11.8 Å². The molecule has 1 aromatic rings. The highest BCUT2D eigenvalue weighted by Crippen LogP contribution is 2.36. The van der Waals surface area contributed by atoms with E-state index < -0.39 is 0 Å². The molecule has 0 aromatic carbocycles. The molecule has 0 spiro atoms. The highest BCUT2D eigenvalue weighted by molar-refractivity contribution is 7.09. The van der Waals surface area contributed by atoms with Crippen molar-refractivity contribution in [1.29, 1.82) is 0 Å². The van der Waals surface area contributed by atoms with Gasteiger partial charge in [0.1, 0.15) is 0 Å². The Morgan fingerprint density at radius 1 is 1.23 bits per heavy atom. The Balaban J connectivity index is 2.78. The van der Waals surface area contributed by atoms with E-state index in [2.05, 4.69) is 45.0 Å². The molecule has 0 aliphatic rings. The van der Waals surface area contributed by atoms with Gasteiger partial charge in [-0.1, -0.05) is 34.6 Å². The molecule has 74 valence electrons. The number of thiazole rings is 1. The van der Waals surface area contributed by atoms with Gasteiger partial charge in [0.2, 0.25) is 0 Å². The van der Waals surface area contributed by atoms with E-state index in [0.29, 0.717) is 5.41 Å². The first-order valence-corrected chi connectivity index (χ1v) is 5.59. The second-order valence-corrected chi connectivity index (χ2v) is 6.35. The number of aromatic nitrogens is 1. The van der Waals surface area contributed by atoms with Crippen molar-refractivity contribution >= 4 is 11.3 Å². The van der Waals surface area contributed by atoms with E-state index in [9.17, 15) is 0 Å². The van der Waals surface area contributed by atoms with Gasteiger partial charge < -0.3 is 0 Å². The average Bonchev–Trinajstić information content (AvgIpc) is 2.29. The molecule has 0 amide bonds. The smallest absolute Gasteiger partial charge is 0.0981 e. The molecule has 0 N–H and O–H groups in total. The highest BCUT2D eigenvalue weighted by Gasteiger charge is 2.28. The molecule has 1 nitrogen and oxygen atoms in total. The van der Waals surface area contributed by atoms with Gasteiger partial charge in [-0.2, -0.15) is 0 Å². The molecule has 1 rings (SSSR count). The zero-order chi connectivity index (χ0) is 10.1. The molecule has 0 saturated heterocycles. The minimum atomic E-state index is 0.215. The van der Waals surface area contributed by atoms with Gasteiger partial charge in [-0.25, -0.2) is 4.98 Å². The molecule has 2 heteroatoms. The molecule has 0 bridgehead atoms. The monoisotopic (exact) mass is 197 g/mol. The maximum absolute atomic E-state index is 4.39. The predicted molar refractivity (Wildman–Crippen MR) is 59.2 cm³/mol. The molecule has 0 aliphatic heterocycles. The van der Waals surface area contributed by atoms with Crippen molar-refractivity contribution in [2.24, 2.45) is 5.41 Å². The Labute approximate surface area is 85.2 Å². The predicted octanol–water partition coefficient (Wildman–Crippen LogP) is 3.86. The lowest BCUT2D eigenvalue weighted by atomic mass is 9.77. The summed E-state index contributed by atoms with van der Waals surface area (Å²) in [5.74, 6) is 0. The maximum atomic E-state index is 4.39. The van der Waals surface area contributed by atoms with Crippen LogP contribution in [0.25, 0.3) is 0 Å². The van der Waals surface area contributed by atoms with E-state index in [1.807, 2.05) is 6.20 Å². The lowest BCUT2D eigenvalue weighted by Crippen LogP contribution is -2.24.